The molecule has 0 saturated heterocycles. The first-order valence-electron chi connectivity index (χ1n) is 3.31. The Hall–Kier alpha value is -0.320. The van der Waals surface area contributed by atoms with Gasteiger partial charge in [-0.3, -0.25) is 4.79 Å². The van der Waals surface area contributed by atoms with Crippen molar-refractivity contribution in [2.45, 2.75) is 17.8 Å². The van der Waals surface area contributed by atoms with Crippen molar-refractivity contribution < 1.29 is 4.79 Å². The van der Waals surface area contributed by atoms with Crippen molar-refractivity contribution in [2.24, 2.45) is 5.73 Å². The lowest BCUT2D eigenvalue weighted by molar-refractivity contribution is -0.104. The fraction of sp³-hybridized carbons (Fsp3) is 0.375. The minimum Gasteiger partial charge on any atom is -0.396 e. The molecule has 2 nitrogen and oxygen atoms in total. The lowest BCUT2D eigenvalue weighted by atomic mass is 10.2. The summed E-state index contributed by atoms with van der Waals surface area (Å²) in [5.41, 5.74) is 6.60. The maximum Gasteiger partial charge on any atom is 0.165 e. The van der Waals surface area contributed by atoms with E-state index < -0.39 is 0 Å². The Morgan fingerprint density at radius 3 is 2.55 bits per heavy atom. The molecule has 1 atom stereocenters. The second-order valence-corrected chi connectivity index (χ2v) is 4.32. The Morgan fingerprint density at radius 2 is 2.18 bits per heavy atom. The first kappa shape index (κ1) is 10.7. The molecule has 0 aromatic carbocycles. The molecule has 0 aliphatic heterocycles. The fourth-order valence-corrected chi connectivity index (χ4v) is 1.27. The van der Waals surface area contributed by atoms with Crippen LogP contribution in [0, 0.1) is 0 Å². The summed E-state index contributed by atoms with van der Waals surface area (Å²) in [6.07, 6.45) is 4.36. The summed E-state index contributed by atoms with van der Waals surface area (Å²) in [4.78, 5) is 10.1. The van der Waals surface area contributed by atoms with E-state index in [1.165, 1.54) is 0 Å². The van der Waals surface area contributed by atoms with Crippen LogP contribution in [0.15, 0.2) is 23.4 Å². The van der Waals surface area contributed by atoms with Crippen molar-refractivity contribution in [3.8, 4) is 0 Å². The number of aldehydes is 1. The van der Waals surface area contributed by atoms with Gasteiger partial charge in [-0.25, -0.2) is 0 Å². The van der Waals surface area contributed by atoms with Crippen LogP contribution in [0.3, 0.4) is 0 Å². The maximum absolute atomic E-state index is 10.1. The quantitative estimate of drug-likeness (QED) is 0.278. The second-order valence-electron chi connectivity index (χ2n) is 2.35. The Bertz CT molecular complexity index is 194. The van der Waals surface area contributed by atoms with E-state index >= 15 is 0 Å². The normalized spacial score (nSPS) is 16.3. The summed E-state index contributed by atoms with van der Waals surface area (Å²) >= 11 is 2.28. The fourth-order valence-electron chi connectivity index (χ4n) is 0.707. The highest BCUT2D eigenvalue weighted by Crippen LogP contribution is 2.05. The smallest absolute Gasteiger partial charge is 0.165 e. The maximum atomic E-state index is 10.1. The van der Waals surface area contributed by atoms with Gasteiger partial charge in [0.25, 0.3) is 0 Å². The minimum absolute atomic E-state index is 0.274. The molecule has 0 aliphatic rings. The van der Waals surface area contributed by atoms with E-state index in [1.807, 2.05) is 13.0 Å². The van der Waals surface area contributed by atoms with E-state index in [-0.39, 0.29) is 5.70 Å². The molecular formula is C8H12INO. The summed E-state index contributed by atoms with van der Waals surface area (Å²) in [6.45, 7) is 3.99. The topological polar surface area (TPSA) is 43.1 Å². The SMILES string of the molecule is CC(/C=C(\N)C=O)=C/C(C)I. The van der Waals surface area contributed by atoms with Gasteiger partial charge in [-0.05, 0) is 19.9 Å². The first-order chi connectivity index (χ1) is 5.06. The standard InChI is InChI=1S/C8H12INO/c1-6(3-7(2)9)4-8(10)5-11/h3-5,7H,10H2,1-2H3/b6-3-,8-4-. The van der Waals surface area contributed by atoms with Gasteiger partial charge in [0.05, 0.1) is 5.70 Å². The van der Waals surface area contributed by atoms with Crippen LogP contribution in [0.4, 0.5) is 0 Å². The number of carbonyl (C=O) groups excluding carboxylic acids is 1. The molecule has 0 aliphatic carbocycles. The van der Waals surface area contributed by atoms with Gasteiger partial charge in [0.2, 0.25) is 0 Å². The molecule has 0 heterocycles. The third-order valence-electron chi connectivity index (χ3n) is 1.02. The Labute approximate surface area is 80.7 Å². The van der Waals surface area contributed by atoms with E-state index in [4.69, 9.17) is 5.73 Å². The van der Waals surface area contributed by atoms with Gasteiger partial charge in [-0.1, -0.05) is 34.2 Å². The average molecular weight is 265 g/mol. The monoisotopic (exact) mass is 265 g/mol. The molecule has 0 amide bonds. The molecule has 0 spiro atoms. The van der Waals surface area contributed by atoms with Crippen LogP contribution in [-0.2, 0) is 4.79 Å². The Balaban J connectivity index is 4.26. The summed E-state index contributed by atoms with van der Waals surface area (Å²) in [6, 6.07) is 0. The molecule has 0 fully saturated rings. The molecule has 11 heavy (non-hydrogen) atoms. The summed E-state index contributed by atoms with van der Waals surface area (Å²) < 4.78 is 0.461. The molecule has 0 rings (SSSR count). The van der Waals surface area contributed by atoms with Crippen LogP contribution in [0.25, 0.3) is 0 Å². The van der Waals surface area contributed by atoms with Gasteiger partial charge in [-0.2, -0.15) is 0 Å². The van der Waals surface area contributed by atoms with Crippen LogP contribution >= 0.6 is 22.6 Å². The predicted molar refractivity (Wildman–Crippen MR) is 55.6 cm³/mol. The lowest BCUT2D eigenvalue weighted by Gasteiger charge is -1.95. The van der Waals surface area contributed by atoms with Crippen LogP contribution < -0.4 is 5.73 Å². The molecule has 1 unspecified atom stereocenters. The minimum atomic E-state index is 0.274. The van der Waals surface area contributed by atoms with Crippen molar-refractivity contribution >= 4 is 28.9 Å². The number of alkyl halides is 1. The molecule has 0 aromatic rings. The second kappa shape index (κ2) is 5.35. The van der Waals surface area contributed by atoms with Crippen molar-refractivity contribution in [3.63, 3.8) is 0 Å². The van der Waals surface area contributed by atoms with Gasteiger partial charge in [0.15, 0.2) is 6.29 Å². The number of nitrogens with two attached hydrogens (primary N) is 1. The molecule has 0 aromatic heterocycles. The summed E-state index contributed by atoms with van der Waals surface area (Å²) in [5, 5.41) is 0. The zero-order valence-corrected chi connectivity index (χ0v) is 8.83. The zero-order valence-electron chi connectivity index (χ0n) is 6.67. The Kier molecular flexibility index (Phi) is 5.19. The highest BCUT2D eigenvalue weighted by atomic mass is 127. The van der Waals surface area contributed by atoms with E-state index in [9.17, 15) is 4.79 Å². The first-order valence-corrected chi connectivity index (χ1v) is 4.55. The van der Waals surface area contributed by atoms with Crippen LogP contribution in [0.1, 0.15) is 13.8 Å². The van der Waals surface area contributed by atoms with Gasteiger partial charge in [0.1, 0.15) is 0 Å². The number of allylic oxidation sites excluding steroid dienone is 4. The van der Waals surface area contributed by atoms with Crippen molar-refractivity contribution in [2.75, 3.05) is 0 Å². The summed E-state index contributed by atoms with van der Waals surface area (Å²) in [5.74, 6) is 0. The molecule has 0 saturated carbocycles. The highest BCUT2D eigenvalue weighted by molar-refractivity contribution is 14.1. The van der Waals surface area contributed by atoms with Gasteiger partial charge in [0, 0.05) is 3.92 Å². The molecule has 0 radical (unpaired) electrons. The summed E-state index contributed by atoms with van der Waals surface area (Å²) in [7, 11) is 0. The number of hydrogen-bond acceptors (Lipinski definition) is 2. The van der Waals surface area contributed by atoms with Crippen molar-refractivity contribution in [1.82, 2.24) is 0 Å². The Morgan fingerprint density at radius 1 is 1.64 bits per heavy atom. The third-order valence-corrected chi connectivity index (χ3v) is 1.38. The van der Waals surface area contributed by atoms with Crippen LogP contribution in [-0.4, -0.2) is 10.2 Å². The average Bonchev–Trinajstić information content (AvgIpc) is 1.85. The largest absolute Gasteiger partial charge is 0.396 e. The predicted octanol–water partition coefficient (Wildman–Crippen LogP) is 1.80. The van der Waals surface area contributed by atoms with Crippen LogP contribution in [0.5, 0.6) is 0 Å². The van der Waals surface area contributed by atoms with Gasteiger partial charge < -0.3 is 5.73 Å². The molecule has 2 N–H and O–H groups in total. The number of carbonyl (C=O) groups is 1. The van der Waals surface area contributed by atoms with E-state index in [2.05, 4.69) is 29.5 Å². The lowest BCUT2D eigenvalue weighted by Crippen LogP contribution is -1.98. The molecule has 62 valence electrons. The van der Waals surface area contributed by atoms with E-state index in [1.54, 1.807) is 6.08 Å². The van der Waals surface area contributed by atoms with Crippen molar-refractivity contribution in [1.29, 1.82) is 0 Å². The number of rotatable bonds is 3. The number of hydrogen-bond donors (Lipinski definition) is 1. The van der Waals surface area contributed by atoms with Gasteiger partial charge >= 0.3 is 0 Å². The van der Waals surface area contributed by atoms with Crippen LogP contribution in [0.2, 0.25) is 0 Å². The third kappa shape index (κ3) is 6.09. The van der Waals surface area contributed by atoms with Crippen molar-refractivity contribution in [3.05, 3.63) is 23.4 Å². The van der Waals surface area contributed by atoms with E-state index in [0.717, 1.165) is 5.57 Å². The van der Waals surface area contributed by atoms with E-state index in [0.29, 0.717) is 10.2 Å². The van der Waals surface area contributed by atoms with Gasteiger partial charge in [-0.15, -0.1) is 0 Å². The molecule has 0 bridgehead atoms. The molecular weight excluding hydrogens is 253 g/mol. The molecule has 3 heteroatoms. The zero-order chi connectivity index (χ0) is 8.85. The number of halogens is 1. The highest BCUT2D eigenvalue weighted by Gasteiger charge is 1.90.